The summed E-state index contributed by atoms with van der Waals surface area (Å²) in [5.41, 5.74) is 4.90. The number of pyridine rings is 2. The second kappa shape index (κ2) is 16.1. The molecule has 1 aromatic carbocycles. The van der Waals surface area contributed by atoms with Gasteiger partial charge in [-0.05, 0) is 111 Å². The lowest BCUT2D eigenvalue weighted by Crippen LogP contribution is -2.34. The molecule has 3 heterocycles. The fourth-order valence-corrected chi connectivity index (χ4v) is 6.20. The Kier molecular flexibility index (Phi) is 12.4. The van der Waals surface area contributed by atoms with E-state index in [0.717, 1.165) is 41.2 Å². The van der Waals surface area contributed by atoms with Gasteiger partial charge in [0.2, 0.25) is 5.91 Å². The van der Waals surface area contributed by atoms with E-state index in [2.05, 4.69) is 43.1 Å². The zero-order chi connectivity index (χ0) is 34.3. The summed E-state index contributed by atoms with van der Waals surface area (Å²) in [6, 6.07) is 10.3. The number of likely N-dealkylation sites (N-methyl/N-ethyl adjacent to an activating group) is 1. The average molecular weight is 667 g/mol. The largest absolute Gasteiger partial charge is 0.416 e. The van der Waals surface area contributed by atoms with Crippen molar-refractivity contribution >= 4 is 18.1 Å². The summed E-state index contributed by atoms with van der Waals surface area (Å²) in [4.78, 5) is 20.5. The summed E-state index contributed by atoms with van der Waals surface area (Å²) >= 11 is 5.46. The predicted octanol–water partition coefficient (Wildman–Crippen LogP) is 7.70. The molecule has 1 N–H and O–H groups in total. The number of carbonyl (C=O) groups is 1. The summed E-state index contributed by atoms with van der Waals surface area (Å²) in [5.74, 6) is 6.63. The number of halogens is 3. The lowest BCUT2D eigenvalue weighted by atomic mass is 9.95. The fourth-order valence-electron chi connectivity index (χ4n) is 5.91. The number of carbonyl (C=O) groups excluding carboxylic acids is 1. The average Bonchev–Trinajstić information content (AvgIpc) is 3.00. The van der Waals surface area contributed by atoms with Crippen molar-refractivity contribution in [1.82, 2.24) is 19.8 Å². The SMILES string of the molecule is Cc1cccc(C)c1-c1cc(C#CC2CCOCC2)nc(CNC(=O)C(CC(C)C)n2cc(CCN(C)C)c(C(F)(F)F)cc2=S)c1. The summed E-state index contributed by atoms with van der Waals surface area (Å²) < 4.78 is 48.9. The van der Waals surface area contributed by atoms with Crippen LogP contribution < -0.4 is 5.32 Å². The van der Waals surface area contributed by atoms with Gasteiger partial charge in [-0.1, -0.05) is 50.2 Å². The van der Waals surface area contributed by atoms with Crippen LogP contribution in [0.15, 0.2) is 42.6 Å². The van der Waals surface area contributed by atoms with E-state index in [-0.39, 0.29) is 40.9 Å². The number of hydrogen-bond donors (Lipinski definition) is 1. The van der Waals surface area contributed by atoms with E-state index in [0.29, 0.717) is 37.6 Å². The van der Waals surface area contributed by atoms with Crippen LogP contribution in [0, 0.1) is 42.2 Å². The van der Waals surface area contributed by atoms with Crippen molar-refractivity contribution in [2.45, 2.75) is 72.1 Å². The molecule has 1 unspecified atom stereocenters. The van der Waals surface area contributed by atoms with Crippen molar-refractivity contribution in [3.63, 3.8) is 0 Å². The molecular formula is C37H45F3N4O2S. The molecule has 0 bridgehead atoms. The van der Waals surface area contributed by atoms with Gasteiger partial charge in [0.1, 0.15) is 16.4 Å². The van der Waals surface area contributed by atoms with Crippen molar-refractivity contribution < 1.29 is 22.7 Å². The van der Waals surface area contributed by atoms with Crippen molar-refractivity contribution in [3.8, 4) is 23.0 Å². The Morgan fingerprint density at radius 3 is 2.45 bits per heavy atom. The first-order chi connectivity index (χ1) is 22.2. The second-order valence-corrected chi connectivity index (χ2v) is 13.4. The van der Waals surface area contributed by atoms with Crippen LogP contribution in [0.2, 0.25) is 0 Å². The number of benzene rings is 1. The third-order valence-corrected chi connectivity index (χ3v) is 8.68. The number of rotatable bonds is 10. The molecule has 1 amide bonds. The van der Waals surface area contributed by atoms with E-state index in [4.69, 9.17) is 21.9 Å². The van der Waals surface area contributed by atoms with Crippen LogP contribution in [0.25, 0.3) is 11.1 Å². The zero-order valence-corrected chi connectivity index (χ0v) is 28.9. The Labute approximate surface area is 281 Å². The normalized spacial score (nSPS) is 14.6. The van der Waals surface area contributed by atoms with E-state index in [1.807, 2.05) is 51.0 Å². The molecule has 3 aromatic rings. The molecule has 4 rings (SSSR count). The molecule has 1 aliphatic heterocycles. The standard InChI is InChI=1S/C37H45F3N4O2S/c1-24(2)18-33(44-23-28(12-15-43(5)6)32(21-34(44)47)37(38,39)40)36(45)41-22-31-20-29(35-25(3)8-7-9-26(35)4)19-30(42-31)11-10-27-13-16-46-17-14-27/h7-9,19-21,23-24,27,33H,12-18,22H2,1-6H3,(H,41,45). The molecule has 0 saturated carbocycles. The van der Waals surface area contributed by atoms with Gasteiger partial charge in [0.25, 0.3) is 0 Å². The van der Waals surface area contributed by atoms with Gasteiger partial charge in [0.05, 0.1) is 17.8 Å². The van der Waals surface area contributed by atoms with E-state index < -0.39 is 17.8 Å². The molecule has 47 heavy (non-hydrogen) atoms. The minimum absolute atomic E-state index is 0.0347. The molecule has 0 spiro atoms. The molecule has 1 aliphatic rings. The first kappa shape index (κ1) is 36.3. The number of aryl methyl sites for hydroxylation is 2. The summed E-state index contributed by atoms with van der Waals surface area (Å²) in [6.07, 6.45) is -0.802. The quantitative estimate of drug-likeness (QED) is 0.178. The molecule has 252 valence electrons. The maximum Gasteiger partial charge on any atom is 0.416 e. The predicted molar refractivity (Wildman–Crippen MR) is 182 cm³/mol. The number of amides is 1. The molecule has 2 aromatic heterocycles. The molecule has 1 fully saturated rings. The number of alkyl halides is 3. The van der Waals surface area contributed by atoms with Gasteiger partial charge in [-0.15, -0.1) is 0 Å². The maximum absolute atomic E-state index is 14.0. The first-order valence-electron chi connectivity index (χ1n) is 16.1. The third-order valence-electron chi connectivity index (χ3n) is 8.35. The molecule has 1 atom stereocenters. The third kappa shape index (κ3) is 9.99. The number of nitrogens with zero attached hydrogens (tertiary/aromatic N) is 3. The zero-order valence-electron chi connectivity index (χ0n) is 28.1. The van der Waals surface area contributed by atoms with Crippen LogP contribution >= 0.6 is 12.2 Å². The minimum atomic E-state index is -4.55. The van der Waals surface area contributed by atoms with Crippen molar-refractivity contribution in [2.75, 3.05) is 33.9 Å². The lowest BCUT2D eigenvalue weighted by Gasteiger charge is -2.25. The number of aromatic nitrogens is 2. The van der Waals surface area contributed by atoms with E-state index in [1.54, 1.807) is 0 Å². The Hall–Kier alpha value is -3.52. The van der Waals surface area contributed by atoms with Gasteiger partial charge in [0.15, 0.2) is 0 Å². The van der Waals surface area contributed by atoms with E-state index in [9.17, 15) is 18.0 Å². The smallest absolute Gasteiger partial charge is 0.381 e. The van der Waals surface area contributed by atoms with Crippen molar-refractivity contribution in [1.29, 1.82) is 0 Å². The van der Waals surface area contributed by atoms with Crippen LogP contribution in [-0.4, -0.2) is 54.2 Å². The van der Waals surface area contributed by atoms with Crippen LogP contribution in [0.4, 0.5) is 13.2 Å². The maximum atomic E-state index is 14.0. The Morgan fingerprint density at radius 1 is 1.15 bits per heavy atom. The number of hydrogen-bond acceptors (Lipinski definition) is 5. The first-order valence-corrected chi connectivity index (χ1v) is 16.5. The van der Waals surface area contributed by atoms with Crippen molar-refractivity contribution in [2.24, 2.45) is 11.8 Å². The Morgan fingerprint density at radius 2 is 1.83 bits per heavy atom. The molecule has 0 aliphatic carbocycles. The highest BCUT2D eigenvalue weighted by atomic mass is 32.1. The van der Waals surface area contributed by atoms with Crippen LogP contribution in [0.3, 0.4) is 0 Å². The molecule has 0 radical (unpaired) electrons. The van der Waals surface area contributed by atoms with Gasteiger partial charge in [0, 0.05) is 31.9 Å². The highest BCUT2D eigenvalue weighted by molar-refractivity contribution is 7.71. The van der Waals surface area contributed by atoms with Crippen LogP contribution in [-0.2, 0) is 28.7 Å². The summed E-state index contributed by atoms with van der Waals surface area (Å²) in [5, 5.41) is 3.02. The summed E-state index contributed by atoms with van der Waals surface area (Å²) in [7, 11) is 3.62. The molecule has 6 nitrogen and oxygen atoms in total. The monoisotopic (exact) mass is 666 g/mol. The second-order valence-electron chi connectivity index (χ2n) is 13.0. The topological polar surface area (TPSA) is 59.4 Å². The van der Waals surface area contributed by atoms with Gasteiger partial charge >= 0.3 is 6.18 Å². The van der Waals surface area contributed by atoms with Gasteiger partial charge in [-0.25, -0.2) is 4.98 Å². The van der Waals surface area contributed by atoms with E-state index >= 15 is 0 Å². The Balaban J connectivity index is 1.68. The van der Waals surface area contributed by atoms with Crippen LogP contribution in [0.1, 0.15) is 72.8 Å². The van der Waals surface area contributed by atoms with E-state index in [1.165, 1.54) is 10.8 Å². The molecular weight excluding hydrogens is 621 g/mol. The highest BCUT2D eigenvalue weighted by Crippen LogP contribution is 2.34. The van der Waals surface area contributed by atoms with Gasteiger partial charge in [-0.2, -0.15) is 13.2 Å². The Bertz CT molecular complexity index is 1660. The minimum Gasteiger partial charge on any atom is -0.381 e. The number of ether oxygens (including phenoxy) is 1. The lowest BCUT2D eigenvalue weighted by molar-refractivity contribution is -0.138. The number of nitrogens with one attached hydrogen (secondary N) is 1. The summed E-state index contributed by atoms with van der Waals surface area (Å²) in [6.45, 7) is 10.0. The molecule has 10 heteroatoms. The highest BCUT2D eigenvalue weighted by Gasteiger charge is 2.35. The van der Waals surface area contributed by atoms with Gasteiger partial charge in [-0.3, -0.25) is 4.79 Å². The molecule has 1 saturated heterocycles. The fraction of sp³-hybridized carbons (Fsp3) is 0.486. The van der Waals surface area contributed by atoms with Gasteiger partial charge < -0.3 is 19.5 Å². The van der Waals surface area contributed by atoms with Crippen LogP contribution in [0.5, 0.6) is 0 Å². The van der Waals surface area contributed by atoms with Crippen molar-refractivity contribution in [3.05, 3.63) is 80.9 Å².